The zero-order chi connectivity index (χ0) is 25.0. The van der Waals surface area contributed by atoms with Gasteiger partial charge in [0.1, 0.15) is 18.7 Å². The number of nitrogens with zero attached hydrogens (tertiary/aromatic N) is 2. The summed E-state index contributed by atoms with van der Waals surface area (Å²) < 4.78 is 5.39. The van der Waals surface area contributed by atoms with E-state index in [0.717, 1.165) is 16.8 Å². The highest BCUT2D eigenvalue weighted by Crippen LogP contribution is 2.26. The SMILES string of the molecule is Cc1ncoc1-c1ccc(CNC(=O)[C@@H]2C[C@@H](O)CN2C(=O)C(NC(=O)CO)C(C)(C)C)cc1. The van der Waals surface area contributed by atoms with Gasteiger partial charge in [-0.2, -0.15) is 0 Å². The Morgan fingerprint density at radius 1 is 1.24 bits per heavy atom. The number of carbonyl (C=O) groups excluding carboxylic acids is 3. The van der Waals surface area contributed by atoms with Crippen LogP contribution in [-0.2, 0) is 20.9 Å². The maximum Gasteiger partial charge on any atom is 0.246 e. The maximum atomic E-state index is 13.3. The van der Waals surface area contributed by atoms with E-state index in [1.165, 1.54) is 11.3 Å². The monoisotopic (exact) mass is 472 g/mol. The molecular formula is C24H32N4O6. The predicted molar refractivity (Wildman–Crippen MR) is 123 cm³/mol. The molecule has 0 saturated carbocycles. The molecule has 34 heavy (non-hydrogen) atoms. The van der Waals surface area contributed by atoms with Crippen LogP contribution in [-0.4, -0.2) is 69.2 Å². The molecule has 1 fully saturated rings. The van der Waals surface area contributed by atoms with Crippen LogP contribution in [0.5, 0.6) is 0 Å². The molecule has 3 rings (SSSR count). The third-order valence-electron chi connectivity index (χ3n) is 5.86. The number of nitrogens with one attached hydrogen (secondary N) is 2. The third-order valence-corrected chi connectivity index (χ3v) is 5.86. The summed E-state index contributed by atoms with van der Waals surface area (Å²) in [5.74, 6) is -0.858. The Labute approximate surface area is 198 Å². The molecule has 10 nitrogen and oxygen atoms in total. The Morgan fingerprint density at radius 3 is 2.47 bits per heavy atom. The zero-order valence-electron chi connectivity index (χ0n) is 19.9. The van der Waals surface area contributed by atoms with Crippen molar-refractivity contribution in [3.63, 3.8) is 0 Å². The standard InChI is InChI=1S/C24H32N4O6/c1-14-20(34-13-26-14)16-7-5-15(6-8-16)10-25-22(32)18-9-17(30)11-28(18)23(33)21(24(2,3)4)27-19(31)12-29/h5-8,13,17-18,21,29-30H,9-12H2,1-4H3,(H,25,32)(H,27,31)/t17-,18+,21?/m1/s1. The van der Waals surface area contributed by atoms with E-state index in [4.69, 9.17) is 9.52 Å². The summed E-state index contributed by atoms with van der Waals surface area (Å²) >= 11 is 0. The first-order chi connectivity index (χ1) is 16.0. The molecule has 4 N–H and O–H groups in total. The molecule has 3 atom stereocenters. The lowest BCUT2D eigenvalue weighted by Gasteiger charge is -2.35. The number of β-amino-alcohol motifs (C(OH)–C–C–N with tert-alkyl or cyclic N) is 1. The second kappa shape index (κ2) is 10.4. The Balaban J connectivity index is 1.67. The van der Waals surface area contributed by atoms with Gasteiger partial charge in [0.05, 0.1) is 11.8 Å². The van der Waals surface area contributed by atoms with Crippen LogP contribution in [0.25, 0.3) is 11.3 Å². The number of aliphatic hydroxyl groups excluding tert-OH is 2. The van der Waals surface area contributed by atoms with Gasteiger partial charge in [-0.25, -0.2) is 4.98 Å². The van der Waals surface area contributed by atoms with Crippen LogP contribution < -0.4 is 10.6 Å². The van der Waals surface area contributed by atoms with Gasteiger partial charge in [-0.3, -0.25) is 14.4 Å². The fourth-order valence-electron chi connectivity index (χ4n) is 3.99. The highest BCUT2D eigenvalue weighted by molar-refractivity contribution is 5.93. The van der Waals surface area contributed by atoms with Gasteiger partial charge in [0.15, 0.2) is 12.2 Å². The van der Waals surface area contributed by atoms with Crippen LogP contribution in [0.4, 0.5) is 0 Å². The smallest absolute Gasteiger partial charge is 0.246 e. The van der Waals surface area contributed by atoms with E-state index < -0.39 is 42.0 Å². The Hall–Kier alpha value is -3.24. The molecule has 1 aliphatic heterocycles. The second-order valence-corrected chi connectivity index (χ2v) is 9.60. The van der Waals surface area contributed by atoms with Crippen molar-refractivity contribution in [2.24, 2.45) is 5.41 Å². The number of aromatic nitrogens is 1. The molecule has 3 amide bonds. The maximum absolute atomic E-state index is 13.3. The number of carbonyl (C=O) groups is 3. The molecule has 0 bridgehead atoms. The minimum absolute atomic E-state index is 0.0102. The molecule has 1 aromatic heterocycles. The van der Waals surface area contributed by atoms with E-state index in [1.807, 2.05) is 31.2 Å². The number of hydrogen-bond donors (Lipinski definition) is 4. The summed E-state index contributed by atoms with van der Waals surface area (Å²) in [6, 6.07) is 5.66. The first-order valence-corrected chi connectivity index (χ1v) is 11.2. The molecular weight excluding hydrogens is 440 g/mol. The van der Waals surface area contributed by atoms with Crippen LogP contribution in [0.15, 0.2) is 35.1 Å². The number of aliphatic hydroxyl groups is 2. The van der Waals surface area contributed by atoms with Crippen molar-refractivity contribution >= 4 is 17.7 Å². The summed E-state index contributed by atoms with van der Waals surface area (Å²) in [5, 5.41) is 24.7. The molecule has 0 aliphatic carbocycles. The van der Waals surface area contributed by atoms with Crippen molar-refractivity contribution in [2.75, 3.05) is 13.2 Å². The largest absolute Gasteiger partial charge is 0.443 e. The number of hydrogen-bond acceptors (Lipinski definition) is 7. The van der Waals surface area contributed by atoms with Crippen molar-refractivity contribution in [1.29, 1.82) is 0 Å². The van der Waals surface area contributed by atoms with Gasteiger partial charge in [-0.15, -0.1) is 0 Å². The Morgan fingerprint density at radius 2 is 1.91 bits per heavy atom. The summed E-state index contributed by atoms with van der Waals surface area (Å²) in [6.07, 6.45) is 0.645. The van der Waals surface area contributed by atoms with Crippen molar-refractivity contribution in [1.82, 2.24) is 20.5 Å². The van der Waals surface area contributed by atoms with Crippen molar-refractivity contribution in [2.45, 2.75) is 58.8 Å². The van der Waals surface area contributed by atoms with Crippen LogP contribution in [0.3, 0.4) is 0 Å². The summed E-state index contributed by atoms with van der Waals surface area (Å²) in [7, 11) is 0. The lowest BCUT2D eigenvalue weighted by molar-refractivity contribution is -0.144. The number of rotatable bonds is 7. The van der Waals surface area contributed by atoms with Gasteiger partial charge >= 0.3 is 0 Å². The quantitative estimate of drug-likeness (QED) is 0.465. The average molecular weight is 473 g/mol. The number of aryl methyl sites for hydroxylation is 1. The van der Waals surface area contributed by atoms with Crippen LogP contribution in [0, 0.1) is 12.3 Å². The van der Waals surface area contributed by atoms with E-state index in [1.54, 1.807) is 20.8 Å². The predicted octanol–water partition coefficient (Wildman–Crippen LogP) is 0.751. The topological polar surface area (TPSA) is 145 Å². The average Bonchev–Trinajstić information content (AvgIpc) is 3.40. The summed E-state index contributed by atoms with van der Waals surface area (Å²) in [4.78, 5) is 43.4. The van der Waals surface area contributed by atoms with Gasteiger partial charge in [0.2, 0.25) is 17.7 Å². The highest BCUT2D eigenvalue weighted by atomic mass is 16.3. The minimum atomic E-state index is -0.958. The highest BCUT2D eigenvalue weighted by Gasteiger charge is 2.44. The van der Waals surface area contributed by atoms with E-state index >= 15 is 0 Å². The number of benzene rings is 1. The van der Waals surface area contributed by atoms with E-state index in [-0.39, 0.29) is 25.4 Å². The lowest BCUT2D eigenvalue weighted by atomic mass is 9.85. The first kappa shape index (κ1) is 25.4. The van der Waals surface area contributed by atoms with Crippen LogP contribution in [0.1, 0.15) is 38.4 Å². The molecule has 1 unspecified atom stereocenters. The second-order valence-electron chi connectivity index (χ2n) is 9.60. The van der Waals surface area contributed by atoms with Crippen molar-refractivity contribution in [3.8, 4) is 11.3 Å². The lowest BCUT2D eigenvalue weighted by Crippen LogP contribution is -2.58. The number of oxazole rings is 1. The molecule has 1 saturated heterocycles. The normalized spacial score (nSPS) is 19.1. The molecule has 0 spiro atoms. The summed E-state index contributed by atoms with van der Waals surface area (Å²) in [6.45, 7) is 6.67. The fraction of sp³-hybridized carbons (Fsp3) is 0.500. The van der Waals surface area contributed by atoms with Crippen LogP contribution >= 0.6 is 0 Å². The molecule has 2 heterocycles. The van der Waals surface area contributed by atoms with E-state index in [0.29, 0.717) is 5.76 Å². The van der Waals surface area contributed by atoms with Gasteiger partial charge in [0.25, 0.3) is 0 Å². The number of amides is 3. The zero-order valence-corrected chi connectivity index (χ0v) is 19.9. The number of likely N-dealkylation sites (tertiary alicyclic amines) is 1. The van der Waals surface area contributed by atoms with E-state index in [9.17, 15) is 19.5 Å². The Bertz CT molecular complexity index is 1030. The summed E-state index contributed by atoms with van der Waals surface area (Å²) in [5.41, 5.74) is 1.85. The van der Waals surface area contributed by atoms with Gasteiger partial charge < -0.3 is 30.2 Å². The van der Waals surface area contributed by atoms with Gasteiger partial charge in [-0.1, -0.05) is 45.0 Å². The molecule has 1 aromatic carbocycles. The molecule has 184 valence electrons. The minimum Gasteiger partial charge on any atom is -0.443 e. The van der Waals surface area contributed by atoms with E-state index in [2.05, 4.69) is 15.6 Å². The third kappa shape index (κ3) is 5.81. The Kier molecular flexibility index (Phi) is 7.73. The van der Waals surface area contributed by atoms with Crippen LogP contribution in [0.2, 0.25) is 0 Å². The molecule has 2 aromatic rings. The molecule has 1 aliphatic rings. The molecule has 0 radical (unpaired) electrons. The van der Waals surface area contributed by atoms with Gasteiger partial charge in [0, 0.05) is 25.1 Å². The van der Waals surface area contributed by atoms with Crippen molar-refractivity contribution in [3.05, 3.63) is 41.9 Å². The first-order valence-electron chi connectivity index (χ1n) is 11.2. The fourth-order valence-corrected chi connectivity index (χ4v) is 3.99. The van der Waals surface area contributed by atoms with Crippen molar-refractivity contribution < 1.29 is 29.0 Å². The molecule has 10 heteroatoms. The van der Waals surface area contributed by atoms with Gasteiger partial charge in [-0.05, 0) is 17.9 Å².